The molecule has 2 aromatic rings. The van der Waals surface area contributed by atoms with Crippen molar-refractivity contribution >= 4 is 17.5 Å². The van der Waals surface area contributed by atoms with Crippen molar-refractivity contribution in [2.24, 2.45) is 0 Å². The van der Waals surface area contributed by atoms with Crippen LogP contribution in [0.1, 0.15) is 30.9 Å². The third kappa shape index (κ3) is 4.18. The van der Waals surface area contributed by atoms with Crippen molar-refractivity contribution in [1.29, 1.82) is 0 Å². The SMILES string of the molecule is CCCCN(C)c1ccnc(Nc2cc(C)ccc2C)n1. The summed E-state index contributed by atoms with van der Waals surface area (Å²) in [6.45, 7) is 7.37. The van der Waals surface area contributed by atoms with E-state index in [4.69, 9.17) is 0 Å². The van der Waals surface area contributed by atoms with Gasteiger partial charge in [-0.1, -0.05) is 25.5 Å². The fourth-order valence-corrected chi connectivity index (χ4v) is 2.12. The minimum Gasteiger partial charge on any atom is -0.360 e. The fourth-order valence-electron chi connectivity index (χ4n) is 2.12. The molecule has 0 amide bonds. The number of nitrogens with zero attached hydrogens (tertiary/aromatic N) is 3. The summed E-state index contributed by atoms with van der Waals surface area (Å²) in [5.41, 5.74) is 3.47. The summed E-state index contributed by atoms with van der Waals surface area (Å²) in [6.07, 6.45) is 4.15. The van der Waals surface area contributed by atoms with Gasteiger partial charge in [-0.25, -0.2) is 4.98 Å². The van der Waals surface area contributed by atoms with Gasteiger partial charge in [0.2, 0.25) is 5.95 Å². The zero-order valence-electron chi connectivity index (χ0n) is 13.3. The molecule has 0 unspecified atom stereocenters. The largest absolute Gasteiger partial charge is 0.360 e. The molecule has 1 N–H and O–H groups in total. The van der Waals surface area contributed by atoms with Crippen molar-refractivity contribution in [2.45, 2.75) is 33.6 Å². The van der Waals surface area contributed by atoms with Crippen molar-refractivity contribution in [3.63, 3.8) is 0 Å². The molecule has 1 aromatic heterocycles. The molecule has 0 saturated carbocycles. The molecule has 0 aliphatic carbocycles. The van der Waals surface area contributed by atoms with Crippen molar-refractivity contribution < 1.29 is 0 Å². The Labute approximate surface area is 127 Å². The molecular formula is C17H24N4. The van der Waals surface area contributed by atoms with E-state index in [1.165, 1.54) is 24.0 Å². The van der Waals surface area contributed by atoms with Gasteiger partial charge in [0.1, 0.15) is 5.82 Å². The van der Waals surface area contributed by atoms with Crippen molar-refractivity contribution in [1.82, 2.24) is 9.97 Å². The summed E-state index contributed by atoms with van der Waals surface area (Å²) >= 11 is 0. The first-order valence-corrected chi connectivity index (χ1v) is 7.48. The van der Waals surface area contributed by atoms with Crippen LogP contribution in [0.3, 0.4) is 0 Å². The maximum Gasteiger partial charge on any atom is 0.229 e. The Hall–Kier alpha value is -2.10. The number of nitrogens with one attached hydrogen (secondary N) is 1. The number of benzene rings is 1. The molecule has 0 aliphatic heterocycles. The number of rotatable bonds is 6. The standard InChI is InChI=1S/C17H24N4/c1-5-6-11-21(4)16-9-10-18-17(20-16)19-15-12-13(2)7-8-14(15)3/h7-10,12H,5-6,11H2,1-4H3,(H,18,19,20). The van der Waals surface area contributed by atoms with Crippen molar-refractivity contribution in [2.75, 3.05) is 23.8 Å². The molecule has 4 nitrogen and oxygen atoms in total. The maximum atomic E-state index is 4.60. The summed E-state index contributed by atoms with van der Waals surface area (Å²) in [7, 11) is 2.07. The van der Waals surface area contributed by atoms with Gasteiger partial charge < -0.3 is 10.2 Å². The van der Waals surface area contributed by atoms with Gasteiger partial charge in [-0.15, -0.1) is 0 Å². The van der Waals surface area contributed by atoms with Crippen LogP contribution in [-0.2, 0) is 0 Å². The van der Waals surface area contributed by atoms with Gasteiger partial charge in [-0.05, 0) is 43.5 Å². The normalized spacial score (nSPS) is 10.5. The first-order valence-electron chi connectivity index (χ1n) is 7.48. The van der Waals surface area contributed by atoms with E-state index in [0.29, 0.717) is 5.95 Å². The average molecular weight is 284 g/mol. The van der Waals surface area contributed by atoms with E-state index >= 15 is 0 Å². The average Bonchev–Trinajstić information content (AvgIpc) is 2.49. The smallest absolute Gasteiger partial charge is 0.229 e. The molecule has 4 heteroatoms. The number of aromatic nitrogens is 2. The zero-order chi connectivity index (χ0) is 15.2. The van der Waals surface area contributed by atoms with E-state index < -0.39 is 0 Å². The summed E-state index contributed by atoms with van der Waals surface area (Å²) in [5, 5.41) is 3.32. The summed E-state index contributed by atoms with van der Waals surface area (Å²) in [4.78, 5) is 11.1. The van der Waals surface area contributed by atoms with E-state index in [1.54, 1.807) is 6.20 Å². The highest BCUT2D eigenvalue weighted by molar-refractivity contribution is 5.60. The second-order valence-electron chi connectivity index (χ2n) is 5.46. The lowest BCUT2D eigenvalue weighted by Gasteiger charge is -2.18. The molecule has 0 spiro atoms. The van der Waals surface area contributed by atoms with Crippen LogP contribution in [0.4, 0.5) is 17.5 Å². The molecule has 21 heavy (non-hydrogen) atoms. The van der Waals surface area contributed by atoms with Gasteiger partial charge in [0.15, 0.2) is 0 Å². The Balaban J connectivity index is 2.15. The van der Waals surface area contributed by atoms with Crippen LogP contribution in [-0.4, -0.2) is 23.6 Å². The summed E-state index contributed by atoms with van der Waals surface area (Å²) in [6, 6.07) is 8.28. The molecular weight excluding hydrogens is 260 g/mol. The Kier molecular flexibility index (Phi) is 5.14. The number of anilines is 3. The fraction of sp³-hybridized carbons (Fsp3) is 0.412. The third-order valence-corrected chi connectivity index (χ3v) is 3.52. The van der Waals surface area contributed by atoms with Crippen molar-refractivity contribution in [3.05, 3.63) is 41.6 Å². The monoisotopic (exact) mass is 284 g/mol. The summed E-state index contributed by atoms with van der Waals surface area (Å²) < 4.78 is 0. The number of unbranched alkanes of at least 4 members (excludes halogenated alkanes) is 1. The highest BCUT2D eigenvalue weighted by atomic mass is 15.2. The van der Waals surface area contributed by atoms with Crippen LogP contribution < -0.4 is 10.2 Å². The van der Waals surface area contributed by atoms with Gasteiger partial charge >= 0.3 is 0 Å². The lowest BCUT2D eigenvalue weighted by atomic mass is 10.1. The number of hydrogen-bond donors (Lipinski definition) is 1. The quantitative estimate of drug-likeness (QED) is 0.868. The van der Waals surface area contributed by atoms with E-state index in [9.17, 15) is 0 Å². The highest BCUT2D eigenvalue weighted by Crippen LogP contribution is 2.20. The van der Waals surface area contributed by atoms with Crippen LogP contribution in [0.2, 0.25) is 0 Å². The Morgan fingerprint density at radius 3 is 2.76 bits per heavy atom. The predicted octanol–water partition coefficient (Wildman–Crippen LogP) is 4.07. The molecule has 2 rings (SSSR count). The van der Waals surface area contributed by atoms with Gasteiger partial charge in [0, 0.05) is 25.5 Å². The van der Waals surface area contributed by atoms with Crippen LogP contribution in [0.15, 0.2) is 30.5 Å². The highest BCUT2D eigenvalue weighted by Gasteiger charge is 2.06. The van der Waals surface area contributed by atoms with Crippen LogP contribution in [0.5, 0.6) is 0 Å². The maximum absolute atomic E-state index is 4.60. The summed E-state index contributed by atoms with van der Waals surface area (Å²) in [5.74, 6) is 1.59. The van der Waals surface area contributed by atoms with Gasteiger partial charge in [0.05, 0.1) is 0 Å². The number of aryl methyl sites for hydroxylation is 2. The van der Waals surface area contributed by atoms with Crippen LogP contribution in [0.25, 0.3) is 0 Å². The number of hydrogen-bond acceptors (Lipinski definition) is 4. The second-order valence-corrected chi connectivity index (χ2v) is 5.46. The third-order valence-electron chi connectivity index (χ3n) is 3.52. The molecule has 0 fully saturated rings. The Morgan fingerprint density at radius 1 is 1.19 bits per heavy atom. The minimum absolute atomic E-state index is 0.643. The first kappa shape index (κ1) is 15.3. The predicted molar refractivity (Wildman–Crippen MR) is 89.4 cm³/mol. The molecule has 0 atom stereocenters. The van der Waals surface area contributed by atoms with Gasteiger partial charge in [-0.2, -0.15) is 4.98 Å². The van der Waals surface area contributed by atoms with E-state index in [-0.39, 0.29) is 0 Å². The topological polar surface area (TPSA) is 41.1 Å². The van der Waals surface area contributed by atoms with E-state index in [0.717, 1.165) is 18.1 Å². The second kappa shape index (κ2) is 7.07. The lowest BCUT2D eigenvalue weighted by molar-refractivity contribution is 0.759. The molecule has 0 bridgehead atoms. The molecule has 1 heterocycles. The lowest BCUT2D eigenvalue weighted by Crippen LogP contribution is -2.20. The van der Waals surface area contributed by atoms with E-state index in [2.05, 4.69) is 66.2 Å². The molecule has 112 valence electrons. The molecule has 1 aromatic carbocycles. The first-order chi connectivity index (χ1) is 10.1. The van der Waals surface area contributed by atoms with Gasteiger partial charge in [-0.3, -0.25) is 0 Å². The molecule has 0 radical (unpaired) electrons. The van der Waals surface area contributed by atoms with Gasteiger partial charge in [0.25, 0.3) is 0 Å². The van der Waals surface area contributed by atoms with Crippen molar-refractivity contribution in [3.8, 4) is 0 Å². The van der Waals surface area contributed by atoms with Crippen LogP contribution in [0, 0.1) is 13.8 Å². The van der Waals surface area contributed by atoms with E-state index in [1.807, 2.05) is 6.07 Å². The van der Waals surface area contributed by atoms with Crippen LogP contribution >= 0.6 is 0 Å². The zero-order valence-corrected chi connectivity index (χ0v) is 13.3. The molecule has 0 saturated heterocycles. The minimum atomic E-state index is 0.643. The Bertz CT molecular complexity index is 595. The Morgan fingerprint density at radius 2 is 2.00 bits per heavy atom. The molecule has 0 aliphatic rings.